The van der Waals surface area contributed by atoms with Crippen molar-refractivity contribution in [2.45, 2.75) is 119 Å². The number of aliphatic hydroxyl groups is 6. The van der Waals surface area contributed by atoms with Crippen LogP contribution in [0.5, 0.6) is 0 Å². The van der Waals surface area contributed by atoms with Gasteiger partial charge in [-0.05, 0) is 74.7 Å². The fourth-order valence-corrected chi connectivity index (χ4v) is 8.03. The molecule has 16 heteroatoms. The molecule has 16 nitrogen and oxygen atoms in total. The van der Waals surface area contributed by atoms with Crippen molar-refractivity contribution >= 4 is 35.4 Å². The average molecular weight is 955 g/mol. The summed E-state index contributed by atoms with van der Waals surface area (Å²) in [5.74, 6) is -8.89. The minimum absolute atomic E-state index is 0.107. The maximum absolute atomic E-state index is 13.3. The molecule has 6 atom stereocenters. The van der Waals surface area contributed by atoms with Gasteiger partial charge in [0.05, 0.1) is 6.61 Å². The van der Waals surface area contributed by atoms with Gasteiger partial charge >= 0.3 is 23.9 Å². The van der Waals surface area contributed by atoms with E-state index in [9.17, 15) is 59.4 Å². The molecule has 2 aliphatic carbocycles. The highest BCUT2D eigenvalue weighted by atomic mass is 16.6. The molecule has 370 valence electrons. The van der Waals surface area contributed by atoms with Crippen LogP contribution in [0.25, 0.3) is 0 Å². The molecular weight excluding hydrogens is 893 g/mol. The Bertz CT molecular complexity index is 2540. The first-order valence-corrected chi connectivity index (χ1v) is 22.2. The second-order valence-corrected chi connectivity index (χ2v) is 18.6. The zero-order chi connectivity index (χ0) is 51.7. The number of Topliss-reactive ketones (excluding diaryl/α,β-unsaturated/α-hetero) is 2. The molecule has 4 rings (SSSR count). The topological polar surface area (TPSA) is 261 Å². The smallest absolute Gasteiger partial charge is 0.378 e. The third kappa shape index (κ3) is 13.4. The van der Waals surface area contributed by atoms with Gasteiger partial charge in [0.15, 0.2) is 53.9 Å². The molecule has 0 saturated heterocycles. The van der Waals surface area contributed by atoms with Crippen LogP contribution in [0, 0.1) is 10.8 Å². The van der Waals surface area contributed by atoms with Gasteiger partial charge in [0.25, 0.3) is 0 Å². The number of cyclic esters (lactones) is 2. The van der Waals surface area contributed by atoms with Crippen LogP contribution in [0.2, 0.25) is 0 Å². The van der Waals surface area contributed by atoms with Gasteiger partial charge in [-0.15, -0.1) is 0 Å². The molecule has 0 amide bonds. The van der Waals surface area contributed by atoms with Gasteiger partial charge in [0.2, 0.25) is 11.5 Å². The zero-order valence-corrected chi connectivity index (χ0v) is 40.4. The van der Waals surface area contributed by atoms with Crippen molar-refractivity contribution in [3.05, 3.63) is 152 Å². The molecule has 0 aromatic carbocycles. The molecule has 6 unspecified atom stereocenters. The number of ketones is 2. The summed E-state index contributed by atoms with van der Waals surface area (Å²) < 4.78 is 20.1. The molecule has 0 aromatic rings. The second kappa shape index (κ2) is 22.9. The third-order valence-electron chi connectivity index (χ3n) is 12.0. The molecule has 0 spiro atoms. The maximum Gasteiger partial charge on any atom is 0.378 e. The van der Waals surface area contributed by atoms with Crippen LogP contribution in [0.1, 0.15) is 82.1 Å². The highest BCUT2D eigenvalue weighted by molar-refractivity contribution is 6.03. The van der Waals surface area contributed by atoms with E-state index in [0.29, 0.717) is 11.1 Å². The molecule has 0 radical (unpaired) electrons. The van der Waals surface area contributed by atoms with Crippen molar-refractivity contribution < 1.29 is 78.4 Å². The summed E-state index contributed by atoms with van der Waals surface area (Å²) >= 11 is 0. The third-order valence-corrected chi connectivity index (χ3v) is 12.0. The van der Waals surface area contributed by atoms with Crippen LogP contribution < -0.4 is 0 Å². The molecule has 0 fully saturated rings. The van der Waals surface area contributed by atoms with Crippen LogP contribution in [-0.2, 0) is 47.7 Å². The molecule has 0 saturated carbocycles. The Kier molecular flexibility index (Phi) is 18.2. The number of hydrogen-bond acceptors (Lipinski definition) is 16. The minimum atomic E-state index is -2.15. The monoisotopic (exact) mass is 954 g/mol. The molecule has 0 aromatic heterocycles. The van der Waals surface area contributed by atoms with E-state index in [2.05, 4.69) is 4.74 Å². The van der Waals surface area contributed by atoms with E-state index >= 15 is 0 Å². The predicted octanol–water partition coefficient (Wildman–Crippen LogP) is 6.71. The first kappa shape index (κ1) is 54.7. The summed E-state index contributed by atoms with van der Waals surface area (Å²) in [6.45, 7) is 17.8. The Morgan fingerprint density at radius 1 is 0.609 bits per heavy atom. The van der Waals surface area contributed by atoms with E-state index in [1.54, 1.807) is 13.8 Å². The van der Waals surface area contributed by atoms with E-state index in [4.69, 9.17) is 14.2 Å². The SMILES string of the molecule is CC1=C(/C=C/C(C)=C/C=C/C(C)=C/C=C/C=C(C)/C=C/C=C(C)/C=C/C2=C(C)C(=O)C(OC(=O)C(O)C3OC(=O)C(O)=C3CO)CC2(C)C)C(C)(C)CC(OC(=O)C(O)C2OC(=O)C(O)=C2O)C1=O. The Morgan fingerprint density at radius 3 is 1.36 bits per heavy atom. The van der Waals surface area contributed by atoms with Crippen molar-refractivity contribution in [3.8, 4) is 0 Å². The number of ether oxygens (including phenoxy) is 4. The van der Waals surface area contributed by atoms with E-state index in [0.717, 1.165) is 33.4 Å². The predicted molar refractivity (Wildman–Crippen MR) is 253 cm³/mol. The summed E-state index contributed by atoms with van der Waals surface area (Å²) in [6.07, 6.45) is 17.0. The van der Waals surface area contributed by atoms with Crippen molar-refractivity contribution in [2.24, 2.45) is 10.8 Å². The van der Waals surface area contributed by atoms with E-state index in [1.165, 1.54) is 0 Å². The van der Waals surface area contributed by atoms with Gasteiger partial charge in [-0.25, -0.2) is 19.2 Å². The molecule has 69 heavy (non-hydrogen) atoms. The van der Waals surface area contributed by atoms with Gasteiger partial charge < -0.3 is 49.6 Å². The van der Waals surface area contributed by atoms with Gasteiger partial charge in [-0.3, -0.25) is 9.59 Å². The van der Waals surface area contributed by atoms with Crippen LogP contribution in [0.15, 0.2) is 152 Å². The van der Waals surface area contributed by atoms with Crippen LogP contribution in [0.3, 0.4) is 0 Å². The summed E-state index contributed by atoms with van der Waals surface area (Å²) in [4.78, 5) is 75.1. The lowest BCUT2D eigenvalue weighted by atomic mass is 9.71. The van der Waals surface area contributed by atoms with Crippen LogP contribution in [-0.4, -0.2) is 109 Å². The Morgan fingerprint density at radius 2 is 0.971 bits per heavy atom. The number of carbonyl (C=O) groups excluding carboxylic acids is 6. The van der Waals surface area contributed by atoms with Crippen molar-refractivity contribution in [1.29, 1.82) is 0 Å². The first-order valence-electron chi connectivity index (χ1n) is 22.2. The molecule has 2 aliphatic heterocycles. The van der Waals surface area contributed by atoms with Crippen molar-refractivity contribution in [2.75, 3.05) is 6.61 Å². The lowest BCUT2D eigenvalue weighted by Gasteiger charge is -2.36. The summed E-state index contributed by atoms with van der Waals surface area (Å²) in [5, 5.41) is 59.4. The lowest BCUT2D eigenvalue weighted by Crippen LogP contribution is -2.44. The quantitative estimate of drug-likeness (QED) is 0.0503. The minimum Gasteiger partial charge on any atom is -0.505 e. The zero-order valence-electron chi connectivity index (χ0n) is 40.4. The van der Waals surface area contributed by atoms with Crippen molar-refractivity contribution in [3.63, 3.8) is 0 Å². The summed E-state index contributed by atoms with van der Waals surface area (Å²) in [5.41, 5.74) is 4.52. The number of esters is 4. The molecule has 2 heterocycles. The summed E-state index contributed by atoms with van der Waals surface area (Å²) in [6, 6.07) is 0. The number of hydrogen-bond donors (Lipinski definition) is 6. The first-order chi connectivity index (χ1) is 32.2. The van der Waals surface area contributed by atoms with Gasteiger partial charge in [-0.2, -0.15) is 0 Å². The van der Waals surface area contributed by atoms with Crippen LogP contribution >= 0.6 is 0 Å². The number of rotatable bonds is 17. The van der Waals surface area contributed by atoms with Crippen molar-refractivity contribution in [1.82, 2.24) is 0 Å². The molecular formula is C53H62O16. The number of allylic oxidation sites excluding steroid dienone is 20. The molecule has 6 N–H and O–H groups in total. The van der Waals surface area contributed by atoms with E-state index in [-0.39, 0.29) is 18.4 Å². The highest BCUT2D eigenvalue weighted by Gasteiger charge is 2.47. The average Bonchev–Trinajstić information content (AvgIpc) is 3.71. The lowest BCUT2D eigenvalue weighted by molar-refractivity contribution is -0.172. The molecule has 0 bridgehead atoms. The van der Waals surface area contributed by atoms with E-state index in [1.807, 2.05) is 140 Å². The van der Waals surface area contributed by atoms with E-state index < -0.39 is 107 Å². The van der Waals surface area contributed by atoms with Crippen LogP contribution in [0.4, 0.5) is 0 Å². The fraction of sp³-hybridized carbons (Fsp3) is 0.396. The van der Waals surface area contributed by atoms with Gasteiger partial charge in [0.1, 0.15) is 0 Å². The Labute approximate surface area is 401 Å². The summed E-state index contributed by atoms with van der Waals surface area (Å²) in [7, 11) is 0. The second-order valence-electron chi connectivity index (χ2n) is 18.6. The standard InChI is InChI=1S/C53H62O16/c1-28(17-13-19-30(3)21-23-35-32(5)39(55)37(25-52(35,7)8)66-50(64)44(60)46-34(27-54)41(57)48(62)68-46)15-11-12-16-29(2)18-14-20-31(4)22-24-36-33(6)40(56)38(26-53(36,9)10)67-51(65)45(61)47-42(58)43(59)49(63)69-47/h11-24,37-38,44-47,54,57-61H,25-27H2,1-10H3/b12-11+,17-13+,18-14+,23-21+,24-22+,28-15+,29-16+,30-19+,31-20+. The number of aliphatic hydroxyl groups excluding tert-OH is 6. The largest absolute Gasteiger partial charge is 0.505 e. The van der Waals surface area contributed by atoms with Gasteiger partial charge in [-0.1, -0.05) is 135 Å². The highest BCUT2D eigenvalue weighted by Crippen LogP contribution is 2.42. The Hall–Kier alpha value is -6.88. The Balaban J connectivity index is 1.29. The maximum atomic E-state index is 13.3. The number of carbonyl (C=O) groups is 6. The van der Waals surface area contributed by atoms with Gasteiger partial charge in [0, 0.05) is 18.4 Å². The molecule has 4 aliphatic rings. The fourth-order valence-electron chi connectivity index (χ4n) is 8.03. The normalized spacial score (nSPS) is 25.1.